The highest BCUT2D eigenvalue weighted by Crippen LogP contribution is 1.99. The van der Waals surface area contributed by atoms with Gasteiger partial charge in [-0.2, -0.15) is 5.26 Å². The van der Waals surface area contributed by atoms with Crippen LogP contribution >= 0.6 is 0 Å². The fourth-order valence-electron chi connectivity index (χ4n) is 0.933. The highest BCUT2D eigenvalue weighted by molar-refractivity contribution is 5.75. The van der Waals surface area contributed by atoms with Gasteiger partial charge in [0.2, 0.25) is 0 Å². The molecule has 1 atom stereocenters. The molecule has 0 aromatic rings. The van der Waals surface area contributed by atoms with Crippen molar-refractivity contribution in [2.75, 3.05) is 20.2 Å². The molecule has 0 aliphatic carbocycles. The third-order valence-corrected chi connectivity index (χ3v) is 1.77. The van der Waals surface area contributed by atoms with E-state index in [0.717, 1.165) is 0 Å². The fourth-order valence-corrected chi connectivity index (χ4v) is 0.933. The van der Waals surface area contributed by atoms with E-state index in [0.29, 0.717) is 6.54 Å². The molecule has 0 rings (SSSR count). The van der Waals surface area contributed by atoms with Gasteiger partial charge in [0.1, 0.15) is 6.04 Å². The number of carbonyl (C=O) groups is 1. The molecule has 0 spiro atoms. The van der Waals surface area contributed by atoms with Crippen molar-refractivity contribution in [1.82, 2.24) is 4.90 Å². The fraction of sp³-hybridized carbons (Fsp3) is 0.750. The van der Waals surface area contributed by atoms with Crippen molar-refractivity contribution in [3.8, 4) is 6.07 Å². The van der Waals surface area contributed by atoms with Crippen molar-refractivity contribution in [2.45, 2.75) is 19.9 Å². The number of hydrogen-bond donors (Lipinski definition) is 0. The minimum atomic E-state index is -0.334. The Morgan fingerprint density at radius 3 is 2.67 bits per heavy atom. The molecule has 0 aliphatic rings. The maximum absolute atomic E-state index is 11.0. The third-order valence-electron chi connectivity index (χ3n) is 1.77. The van der Waals surface area contributed by atoms with E-state index in [1.54, 1.807) is 11.8 Å². The van der Waals surface area contributed by atoms with E-state index in [1.165, 1.54) is 7.11 Å². The Kier molecular flexibility index (Phi) is 5.06. The molecule has 4 heteroatoms. The summed E-state index contributed by atoms with van der Waals surface area (Å²) >= 11 is 0. The standard InChI is InChI=1S/C8H14N2O2/c1-4-10(6-5-9)7(2)8(11)12-3/h7H,4,6H2,1-3H3. The average Bonchev–Trinajstić information content (AvgIpc) is 2.11. The lowest BCUT2D eigenvalue weighted by molar-refractivity contribution is -0.146. The SMILES string of the molecule is CCN(CC#N)C(C)C(=O)OC. The van der Waals surface area contributed by atoms with Gasteiger partial charge in [0, 0.05) is 0 Å². The Morgan fingerprint density at radius 2 is 2.33 bits per heavy atom. The highest BCUT2D eigenvalue weighted by Gasteiger charge is 2.19. The van der Waals surface area contributed by atoms with Crippen LogP contribution in [0.4, 0.5) is 0 Å². The molecule has 0 aromatic carbocycles. The molecule has 0 amide bonds. The van der Waals surface area contributed by atoms with Crippen LogP contribution in [-0.2, 0) is 9.53 Å². The Labute approximate surface area is 72.7 Å². The van der Waals surface area contributed by atoms with Gasteiger partial charge < -0.3 is 4.74 Å². The second-order valence-electron chi connectivity index (χ2n) is 2.42. The van der Waals surface area contributed by atoms with Crippen LogP contribution in [-0.4, -0.2) is 37.1 Å². The molecule has 0 N–H and O–H groups in total. The molecule has 0 aromatic heterocycles. The van der Waals surface area contributed by atoms with Gasteiger partial charge in [0.25, 0.3) is 0 Å². The van der Waals surface area contributed by atoms with E-state index in [9.17, 15) is 4.79 Å². The lowest BCUT2D eigenvalue weighted by Crippen LogP contribution is -2.39. The maximum Gasteiger partial charge on any atom is 0.322 e. The first-order valence-corrected chi connectivity index (χ1v) is 3.86. The van der Waals surface area contributed by atoms with Gasteiger partial charge in [-0.15, -0.1) is 0 Å². The molecule has 12 heavy (non-hydrogen) atoms. The third kappa shape index (κ3) is 2.89. The zero-order chi connectivity index (χ0) is 9.56. The molecule has 0 saturated carbocycles. The summed E-state index contributed by atoms with van der Waals surface area (Å²) in [6.07, 6.45) is 0. The Hall–Kier alpha value is -1.08. The lowest BCUT2D eigenvalue weighted by Gasteiger charge is -2.22. The first kappa shape index (κ1) is 10.9. The second kappa shape index (κ2) is 5.56. The number of ether oxygens (including phenoxy) is 1. The Bertz CT molecular complexity index is 186. The summed E-state index contributed by atoms with van der Waals surface area (Å²) in [6.45, 7) is 4.56. The van der Waals surface area contributed by atoms with Gasteiger partial charge in [-0.1, -0.05) is 6.92 Å². The number of nitriles is 1. The summed E-state index contributed by atoms with van der Waals surface area (Å²) in [5, 5.41) is 8.43. The average molecular weight is 170 g/mol. The molecule has 68 valence electrons. The van der Waals surface area contributed by atoms with Gasteiger partial charge in [0.05, 0.1) is 19.7 Å². The summed E-state index contributed by atoms with van der Waals surface area (Å²) < 4.78 is 4.55. The minimum Gasteiger partial charge on any atom is -0.468 e. The molecule has 4 nitrogen and oxygen atoms in total. The second-order valence-corrected chi connectivity index (χ2v) is 2.42. The van der Waals surface area contributed by atoms with Gasteiger partial charge >= 0.3 is 5.97 Å². The van der Waals surface area contributed by atoms with Crippen LogP contribution < -0.4 is 0 Å². The van der Waals surface area contributed by atoms with E-state index in [1.807, 2.05) is 13.0 Å². The number of likely N-dealkylation sites (N-methyl/N-ethyl adjacent to an activating group) is 1. The number of hydrogen-bond acceptors (Lipinski definition) is 4. The molecule has 1 unspecified atom stereocenters. The van der Waals surface area contributed by atoms with E-state index >= 15 is 0 Å². The molecule has 0 radical (unpaired) electrons. The summed E-state index contributed by atoms with van der Waals surface area (Å²) in [4.78, 5) is 12.8. The number of esters is 1. The van der Waals surface area contributed by atoms with Crippen LogP contribution in [0, 0.1) is 11.3 Å². The van der Waals surface area contributed by atoms with Crippen molar-refractivity contribution in [3.05, 3.63) is 0 Å². The Morgan fingerprint density at radius 1 is 1.75 bits per heavy atom. The quantitative estimate of drug-likeness (QED) is 0.452. The number of carbonyl (C=O) groups excluding carboxylic acids is 1. The van der Waals surface area contributed by atoms with E-state index < -0.39 is 0 Å². The topological polar surface area (TPSA) is 53.3 Å². The van der Waals surface area contributed by atoms with Crippen LogP contribution in [0.15, 0.2) is 0 Å². The zero-order valence-electron chi connectivity index (χ0n) is 7.70. The van der Waals surface area contributed by atoms with E-state index in [-0.39, 0.29) is 18.6 Å². The molecule has 0 fully saturated rings. The van der Waals surface area contributed by atoms with Crippen LogP contribution in [0.2, 0.25) is 0 Å². The number of nitrogens with zero attached hydrogens (tertiary/aromatic N) is 2. The van der Waals surface area contributed by atoms with Crippen molar-refractivity contribution < 1.29 is 9.53 Å². The Balaban J connectivity index is 4.12. The molecule has 0 bridgehead atoms. The summed E-state index contributed by atoms with van der Waals surface area (Å²) in [6, 6.07) is 1.66. The van der Waals surface area contributed by atoms with Gasteiger partial charge in [-0.25, -0.2) is 0 Å². The van der Waals surface area contributed by atoms with Crippen molar-refractivity contribution in [3.63, 3.8) is 0 Å². The predicted octanol–water partition coefficient (Wildman–Crippen LogP) is 0.393. The van der Waals surface area contributed by atoms with Crippen molar-refractivity contribution in [2.24, 2.45) is 0 Å². The molecular weight excluding hydrogens is 156 g/mol. The van der Waals surface area contributed by atoms with Crippen molar-refractivity contribution >= 4 is 5.97 Å². The monoisotopic (exact) mass is 170 g/mol. The van der Waals surface area contributed by atoms with Gasteiger partial charge in [-0.05, 0) is 13.5 Å². The van der Waals surface area contributed by atoms with E-state index in [2.05, 4.69) is 4.74 Å². The molecule has 0 aliphatic heterocycles. The van der Waals surface area contributed by atoms with E-state index in [4.69, 9.17) is 5.26 Å². The molecule has 0 saturated heterocycles. The van der Waals surface area contributed by atoms with Crippen LogP contribution in [0.1, 0.15) is 13.8 Å². The van der Waals surface area contributed by atoms with Gasteiger partial charge in [-0.3, -0.25) is 9.69 Å². The largest absolute Gasteiger partial charge is 0.468 e. The molecule has 0 heterocycles. The first-order chi connectivity index (χ1) is 5.67. The first-order valence-electron chi connectivity index (χ1n) is 3.86. The minimum absolute atomic E-state index is 0.257. The number of methoxy groups -OCH3 is 1. The van der Waals surface area contributed by atoms with Crippen LogP contribution in [0.3, 0.4) is 0 Å². The van der Waals surface area contributed by atoms with Crippen LogP contribution in [0.25, 0.3) is 0 Å². The molecular formula is C8H14N2O2. The zero-order valence-corrected chi connectivity index (χ0v) is 7.70. The number of rotatable bonds is 4. The maximum atomic E-state index is 11.0. The highest BCUT2D eigenvalue weighted by atomic mass is 16.5. The van der Waals surface area contributed by atoms with Crippen molar-refractivity contribution in [1.29, 1.82) is 5.26 Å². The summed E-state index contributed by atoms with van der Waals surface area (Å²) in [5.41, 5.74) is 0. The normalized spacial score (nSPS) is 12.2. The van der Waals surface area contributed by atoms with Gasteiger partial charge in [0.15, 0.2) is 0 Å². The predicted molar refractivity (Wildman–Crippen MR) is 44.3 cm³/mol. The van der Waals surface area contributed by atoms with Crippen LogP contribution in [0.5, 0.6) is 0 Å². The summed E-state index contributed by atoms with van der Waals surface area (Å²) in [5.74, 6) is -0.299. The summed E-state index contributed by atoms with van der Waals surface area (Å²) in [7, 11) is 1.35. The lowest BCUT2D eigenvalue weighted by atomic mass is 10.3. The smallest absolute Gasteiger partial charge is 0.322 e.